The fourth-order valence-electron chi connectivity index (χ4n) is 1.64. The summed E-state index contributed by atoms with van der Waals surface area (Å²) in [7, 11) is 0. The fourth-order valence-corrected chi connectivity index (χ4v) is 2.07. The van der Waals surface area contributed by atoms with Crippen LogP contribution in [0.25, 0.3) is 6.08 Å². The molecule has 0 heterocycles. The van der Waals surface area contributed by atoms with Gasteiger partial charge >= 0.3 is 0 Å². The van der Waals surface area contributed by atoms with Gasteiger partial charge in [0, 0.05) is 17.6 Å². The van der Waals surface area contributed by atoms with Gasteiger partial charge < -0.3 is 5.32 Å². The van der Waals surface area contributed by atoms with Crippen molar-refractivity contribution in [1.29, 1.82) is 0 Å². The van der Waals surface area contributed by atoms with Gasteiger partial charge in [0.15, 0.2) is 0 Å². The maximum Gasteiger partial charge on any atom is 0.244 e. The zero-order valence-corrected chi connectivity index (χ0v) is 13.2. The summed E-state index contributed by atoms with van der Waals surface area (Å²) in [5, 5.41) is 4.40. The van der Waals surface area contributed by atoms with Crippen LogP contribution in [0.3, 0.4) is 0 Å². The maximum absolute atomic E-state index is 11.7. The average molecular weight is 341 g/mol. The summed E-state index contributed by atoms with van der Waals surface area (Å²) in [6, 6.07) is 12.5. The third-order valence-corrected chi connectivity index (χ3v) is 3.74. The third kappa shape index (κ3) is 5.09. The van der Waals surface area contributed by atoms with Crippen LogP contribution in [0.1, 0.15) is 11.1 Å². The number of carbonyl (C=O) groups excluding carboxylic acids is 1. The van der Waals surface area contributed by atoms with Crippen LogP contribution in [0, 0.1) is 0 Å². The minimum Gasteiger partial charge on any atom is -0.348 e. The highest BCUT2D eigenvalue weighted by atomic mass is 35.5. The normalized spacial score (nSPS) is 10.8. The van der Waals surface area contributed by atoms with Crippen LogP contribution in [0.15, 0.2) is 48.5 Å². The summed E-state index contributed by atoms with van der Waals surface area (Å²) >= 11 is 17.5. The number of benzene rings is 2. The van der Waals surface area contributed by atoms with Crippen LogP contribution < -0.4 is 5.32 Å². The molecule has 0 aromatic heterocycles. The Kier molecular flexibility index (Phi) is 5.68. The number of hydrogen-bond acceptors (Lipinski definition) is 1. The zero-order valence-electron chi connectivity index (χ0n) is 10.9. The van der Waals surface area contributed by atoms with Crippen LogP contribution in [0.5, 0.6) is 0 Å². The van der Waals surface area contributed by atoms with Gasteiger partial charge in [-0.05, 0) is 41.5 Å². The van der Waals surface area contributed by atoms with Crippen molar-refractivity contribution in [3.8, 4) is 0 Å². The number of rotatable bonds is 4. The molecule has 21 heavy (non-hydrogen) atoms. The Labute approximate surface area is 138 Å². The van der Waals surface area contributed by atoms with Gasteiger partial charge in [0.25, 0.3) is 0 Å². The van der Waals surface area contributed by atoms with Crippen molar-refractivity contribution >= 4 is 46.8 Å². The molecule has 2 nitrogen and oxygen atoms in total. The Morgan fingerprint density at radius 2 is 1.71 bits per heavy atom. The molecule has 1 amide bonds. The molecule has 5 heteroatoms. The van der Waals surface area contributed by atoms with E-state index in [4.69, 9.17) is 34.8 Å². The smallest absolute Gasteiger partial charge is 0.244 e. The number of hydrogen-bond donors (Lipinski definition) is 1. The van der Waals surface area contributed by atoms with E-state index in [0.717, 1.165) is 11.1 Å². The van der Waals surface area contributed by atoms with Crippen LogP contribution in [-0.2, 0) is 11.3 Å². The van der Waals surface area contributed by atoms with E-state index in [1.54, 1.807) is 36.4 Å². The highest BCUT2D eigenvalue weighted by molar-refractivity contribution is 6.42. The van der Waals surface area contributed by atoms with Gasteiger partial charge in [-0.15, -0.1) is 0 Å². The lowest BCUT2D eigenvalue weighted by Gasteiger charge is -2.02. The standard InChI is InChI=1S/C16H12Cl3NO/c17-13-5-1-12(2-6-13)10-20-16(21)8-4-11-3-7-14(18)15(19)9-11/h1-9H,10H2,(H,20,21)/b8-4+. The molecule has 108 valence electrons. The Morgan fingerprint density at radius 3 is 2.38 bits per heavy atom. The molecule has 0 aliphatic carbocycles. The number of carbonyl (C=O) groups is 1. The van der Waals surface area contributed by atoms with E-state index >= 15 is 0 Å². The van der Waals surface area contributed by atoms with E-state index in [0.29, 0.717) is 21.6 Å². The first-order chi connectivity index (χ1) is 10.0. The average Bonchev–Trinajstić information content (AvgIpc) is 2.48. The SMILES string of the molecule is O=C(/C=C/c1ccc(Cl)c(Cl)c1)NCc1ccc(Cl)cc1. The van der Waals surface area contributed by atoms with E-state index in [1.165, 1.54) is 6.08 Å². The first-order valence-corrected chi connectivity index (χ1v) is 7.33. The topological polar surface area (TPSA) is 29.1 Å². The third-order valence-electron chi connectivity index (χ3n) is 2.75. The minimum absolute atomic E-state index is 0.184. The van der Waals surface area contributed by atoms with Gasteiger partial charge in [0.1, 0.15) is 0 Å². The Morgan fingerprint density at radius 1 is 1.00 bits per heavy atom. The van der Waals surface area contributed by atoms with Gasteiger partial charge in [-0.2, -0.15) is 0 Å². The largest absolute Gasteiger partial charge is 0.348 e. The van der Waals surface area contributed by atoms with Crippen molar-refractivity contribution in [3.63, 3.8) is 0 Å². The molecule has 0 atom stereocenters. The molecule has 1 N–H and O–H groups in total. The lowest BCUT2D eigenvalue weighted by molar-refractivity contribution is -0.116. The predicted octanol–water partition coefficient (Wildman–Crippen LogP) is 4.98. The van der Waals surface area contributed by atoms with E-state index in [2.05, 4.69) is 5.32 Å². The molecule has 0 saturated carbocycles. The summed E-state index contributed by atoms with van der Waals surface area (Å²) in [6.45, 7) is 0.446. The minimum atomic E-state index is -0.184. The van der Waals surface area contributed by atoms with Gasteiger partial charge in [-0.3, -0.25) is 4.79 Å². The van der Waals surface area contributed by atoms with Crippen molar-refractivity contribution < 1.29 is 4.79 Å². The monoisotopic (exact) mass is 339 g/mol. The van der Waals surface area contributed by atoms with Gasteiger partial charge in [-0.25, -0.2) is 0 Å². The Bertz CT molecular complexity index is 666. The first-order valence-electron chi connectivity index (χ1n) is 6.20. The number of halogens is 3. The quantitative estimate of drug-likeness (QED) is 0.782. The molecular weight excluding hydrogens is 329 g/mol. The lowest BCUT2D eigenvalue weighted by Crippen LogP contribution is -2.20. The highest BCUT2D eigenvalue weighted by Gasteiger charge is 1.99. The summed E-state index contributed by atoms with van der Waals surface area (Å²) < 4.78 is 0. The van der Waals surface area contributed by atoms with Crippen molar-refractivity contribution in [2.75, 3.05) is 0 Å². The summed E-state index contributed by atoms with van der Waals surface area (Å²) in [5.74, 6) is -0.184. The Balaban J connectivity index is 1.90. The van der Waals surface area contributed by atoms with Gasteiger partial charge in [0.2, 0.25) is 5.91 Å². The highest BCUT2D eigenvalue weighted by Crippen LogP contribution is 2.23. The fraction of sp³-hybridized carbons (Fsp3) is 0.0625. The van der Waals surface area contributed by atoms with E-state index in [9.17, 15) is 4.79 Å². The van der Waals surface area contributed by atoms with Gasteiger partial charge in [-0.1, -0.05) is 53.0 Å². The van der Waals surface area contributed by atoms with Crippen molar-refractivity contribution in [3.05, 3.63) is 74.7 Å². The predicted molar refractivity (Wildman–Crippen MR) is 88.8 cm³/mol. The van der Waals surface area contributed by atoms with Crippen molar-refractivity contribution in [2.24, 2.45) is 0 Å². The second-order valence-corrected chi connectivity index (χ2v) is 5.60. The Hall–Kier alpha value is -1.48. The maximum atomic E-state index is 11.7. The lowest BCUT2D eigenvalue weighted by atomic mass is 10.2. The molecule has 2 aromatic rings. The second-order valence-electron chi connectivity index (χ2n) is 4.35. The molecule has 0 aliphatic heterocycles. The van der Waals surface area contributed by atoms with E-state index in [1.807, 2.05) is 12.1 Å². The van der Waals surface area contributed by atoms with E-state index in [-0.39, 0.29) is 5.91 Å². The van der Waals surface area contributed by atoms with Crippen molar-refractivity contribution in [1.82, 2.24) is 5.32 Å². The molecule has 0 fully saturated rings. The molecule has 0 aliphatic rings. The van der Waals surface area contributed by atoms with E-state index < -0.39 is 0 Å². The zero-order chi connectivity index (χ0) is 15.2. The number of nitrogens with one attached hydrogen (secondary N) is 1. The molecule has 0 saturated heterocycles. The van der Waals surface area contributed by atoms with Crippen LogP contribution in [-0.4, -0.2) is 5.91 Å². The molecule has 2 aromatic carbocycles. The molecule has 0 unspecified atom stereocenters. The summed E-state index contributed by atoms with van der Waals surface area (Å²) in [4.78, 5) is 11.7. The molecular formula is C16H12Cl3NO. The molecule has 0 radical (unpaired) electrons. The van der Waals surface area contributed by atoms with Crippen LogP contribution in [0.4, 0.5) is 0 Å². The summed E-state index contributed by atoms with van der Waals surface area (Å²) in [6.07, 6.45) is 3.13. The summed E-state index contributed by atoms with van der Waals surface area (Å²) in [5.41, 5.74) is 1.79. The molecule has 2 rings (SSSR count). The van der Waals surface area contributed by atoms with Crippen molar-refractivity contribution in [2.45, 2.75) is 6.54 Å². The molecule has 0 spiro atoms. The second kappa shape index (κ2) is 7.51. The number of amides is 1. The first kappa shape index (κ1) is 15.9. The van der Waals surface area contributed by atoms with Crippen LogP contribution >= 0.6 is 34.8 Å². The molecule has 0 bridgehead atoms. The van der Waals surface area contributed by atoms with Crippen LogP contribution in [0.2, 0.25) is 15.1 Å². The van der Waals surface area contributed by atoms with Gasteiger partial charge in [0.05, 0.1) is 10.0 Å².